The van der Waals surface area contributed by atoms with Crippen LogP contribution in [0.4, 0.5) is 5.69 Å². The zero-order valence-corrected chi connectivity index (χ0v) is 22.3. The molecule has 1 saturated heterocycles. The molecule has 0 bridgehead atoms. The maximum atomic E-state index is 10.3. The second-order valence-electron chi connectivity index (χ2n) is 13.4. The van der Waals surface area contributed by atoms with Crippen molar-refractivity contribution in [2.24, 2.45) is 40.4 Å². The predicted octanol–water partition coefficient (Wildman–Crippen LogP) is 5.78. The Morgan fingerprint density at radius 3 is 2.54 bits per heavy atom. The molecule has 1 aromatic heterocycles. The summed E-state index contributed by atoms with van der Waals surface area (Å²) in [5, 5.41) is 10.3. The average Bonchev–Trinajstić information content (AvgIpc) is 3.23. The van der Waals surface area contributed by atoms with Crippen LogP contribution in [-0.2, 0) is 0 Å². The number of hydrogen-bond donors (Lipinski definition) is 1. The summed E-state index contributed by atoms with van der Waals surface area (Å²) in [6.07, 6.45) is 16.5. The van der Waals surface area contributed by atoms with Crippen molar-refractivity contribution in [2.45, 2.75) is 78.2 Å². The zero-order chi connectivity index (χ0) is 24.2. The van der Waals surface area contributed by atoms with Gasteiger partial charge in [0.25, 0.3) is 0 Å². The molecule has 0 radical (unpaired) electrons. The van der Waals surface area contributed by atoms with Gasteiger partial charge in [-0.15, -0.1) is 0 Å². The minimum absolute atomic E-state index is 0.0944. The minimum Gasteiger partial charge on any atom is -0.393 e. The molecular weight excluding hydrogens is 430 g/mol. The van der Waals surface area contributed by atoms with Crippen LogP contribution >= 0.6 is 0 Å². The van der Waals surface area contributed by atoms with E-state index in [4.69, 9.17) is 0 Å². The molecule has 8 atom stereocenters. The van der Waals surface area contributed by atoms with E-state index in [1.807, 2.05) is 12.4 Å². The van der Waals surface area contributed by atoms with Crippen LogP contribution in [0.2, 0.25) is 0 Å². The van der Waals surface area contributed by atoms with Crippen molar-refractivity contribution in [3.05, 3.63) is 36.2 Å². The number of anilines is 1. The summed E-state index contributed by atoms with van der Waals surface area (Å²) in [5.41, 5.74) is 3.81. The van der Waals surface area contributed by atoms with Gasteiger partial charge in [0.15, 0.2) is 0 Å². The molecule has 0 amide bonds. The van der Waals surface area contributed by atoms with Crippen molar-refractivity contribution in [1.29, 1.82) is 0 Å². The van der Waals surface area contributed by atoms with Gasteiger partial charge >= 0.3 is 0 Å². The molecule has 35 heavy (non-hydrogen) atoms. The van der Waals surface area contributed by atoms with Crippen molar-refractivity contribution in [3.8, 4) is 0 Å². The number of aliphatic hydroxyl groups excluding tert-OH is 1. The Bertz CT molecular complexity index is 924. The van der Waals surface area contributed by atoms with E-state index < -0.39 is 0 Å². The van der Waals surface area contributed by atoms with E-state index in [0.717, 1.165) is 55.5 Å². The summed E-state index contributed by atoms with van der Waals surface area (Å²) >= 11 is 0. The molecule has 6 rings (SSSR count). The van der Waals surface area contributed by atoms with Crippen LogP contribution in [-0.4, -0.2) is 53.8 Å². The van der Waals surface area contributed by atoms with Gasteiger partial charge in [0.2, 0.25) is 0 Å². The Morgan fingerprint density at radius 2 is 1.77 bits per heavy atom. The highest BCUT2D eigenvalue weighted by molar-refractivity contribution is 5.45. The molecule has 1 unspecified atom stereocenters. The predicted molar refractivity (Wildman–Crippen MR) is 143 cm³/mol. The average molecular weight is 478 g/mol. The second-order valence-corrected chi connectivity index (χ2v) is 13.4. The highest BCUT2D eigenvalue weighted by Crippen LogP contribution is 2.67. The molecule has 1 aliphatic heterocycles. The highest BCUT2D eigenvalue weighted by atomic mass is 16.3. The largest absolute Gasteiger partial charge is 0.393 e. The van der Waals surface area contributed by atoms with Crippen molar-refractivity contribution >= 4 is 5.69 Å². The first-order valence-corrected chi connectivity index (χ1v) is 14.6. The number of aromatic nitrogens is 1. The maximum Gasteiger partial charge on any atom is 0.0577 e. The third-order valence-electron chi connectivity index (χ3n) is 11.8. The molecule has 1 N–H and O–H groups in total. The van der Waals surface area contributed by atoms with Crippen LogP contribution < -0.4 is 4.90 Å². The summed E-state index contributed by atoms with van der Waals surface area (Å²) in [4.78, 5) is 9.44. The molecule has 4 nitrogen and oxygen atoms in total. The number of hydrogen-bond acceptors (Lipinski definition) is 4. The van der Waals surface area contributed by atoms with E-state index >= 15 is 0 Å². The first-order chi connectivity index (χ1) is 16.9. The molecule has 4 fully saturated rings. The van der Waals surface area contributed by atoms with Gasteiger partial charge in [0, 0.05) is 50.8 Å². The monoisotopic (exact) mass is 477 g/mol. The fraction of sp³-hybridized carbons (Fsp3) is 0.774. The van der Waals surface area contributed by atoms with Crippen LogP contribution in [0, 0.1) is 40.4 Å². The van der Waals surface area contributed by atoms with Crippen molar-refractivity contribution in [2.75, 3.05) is 37.6 Å². The normalized spacial score (nSPS) is 42.6. The summed E-state index contributed by atoms with van der Waals surface area (Å²) in [6.45, 7) is 13.7. The number of nitrogens with zero attached hydrogens (tertiary/aromatic N) is 3. The minimum atomic E-state index is -0.0944. The number of fused-ring (bicyclic) bond motifs is 5. The number of pyridine rings is 1. The van der Waals surface area contributed by atoms with Gasteiger partial charge in [-0.1, -0.05) is 32.4 Å². The Kier molecular flexibility index (Phi) is 6.28. The van der Waals surface area contributed by atoms with Gasteiger partial charge in [-0.25, -0.2) is 0 Å². The highest BCUT2D eigenvalue weighted by Gasteiger charge is 2.59. The standard InChI is InChI=1S/C31H47N3O/c1-22(21-33-16-18-34(19-17-33)24-10-14-32-15-11-24)27-6-7-28-26-5-4-23-20-25(35)8-12-30(23,2)29(26)9-13-31(27,28)3/h4,10-11,14-15,22,25-29,35H,5-9,12-13,16-21H2,1-3H3/t22-,25?,26+,27-,28+,29+,30+,31-/m1/s1. The lowest BCUT2D eigenvalue weighted by Gasteiger charge is -2.58. The smallest absolute Gasteiger partial charge is 0.0577 e. The van der Waals surface area contributed by atoms with Gasteiger partial charge in [0.1, 0.15) is 0 Å². The molecule has 0 aromatic carbocycles. The molecular formula is C31H47N3O. The quantitative estimate of drug-likeness (QED) is 0.558. The summed E-state index contributed by atoms with van der Waals surface area (Å²) in [6, 6.07) is 4.29. The zero-order valence-electron chi connectivity index (χ0n) is 22.3. The van der Waals surface area contributed by atoms with E-state index in [1.54, 1.807) is 5.57 Å². The van der Waals surface area contributed by atoms with Crippen LogP contribution in [0.15, 0.2) is 36.2 Å². The van der Waals surface area contributed by atoms with Gasteiger partial charge < -0.3 is 10.0 Å². The number of aliphatic hydroxyl groups is 1. The Labute approximate surface area is 213 Å². The fourth-order valence-electron chi connectivity index (χ4n) is 9.90. The lowest BCUT2D eigenvalue weighted by atomic mass is 9.47. The second kappa shape index (κ2) is 9.17. The van der Waals surface area contributed by atoms with E-state index in [2.05, 4.69) is 53.8 Å². The number of allylic oxidation sites excluding steroid dienone is 1. The van der Waals surface area contributed by atoms with Crippen molar-refractivity contribution in [1.82, 2.24) is 9.88 Å². The Balaban J connectivity index is 1.10. The van der Waals surface area contributed by atoms with Gasteiger partial charge in [-0.2, -0.15) is 0 Å². The van der Waals surface area contributed by atoms with Gasteiger partial charge in [-0.05, 0) is 104 Å². The Morgan fingerprint density at radius 1 is 1.00 bits per heavy atom. The SMILES string of the molecule is C[C@H](CN1CCN(c2ccncc2)CC1)[C@H]1CC[C@H]2[C@@H]3CC=C4CC(O)CC[C@]4(C)[C@H]3CC[C@]12C. The molecule has 2 heterocycles. The topological polar surface area (TPSA) is 39.6 Å². The van der Waals surface area contributed by atoms with Gasteiger partial charge in [-0.3, -0.25) is 9.88 Å². The Hall–Kier alpha value is -1.39. The fourth-order valence-corrected chi connectivity index (χ4v) is 9.90. The molecule has 5 aliphatic rings. The number of rotatable bonds is 4. The van der Waals surface area contributed by atoms with Crippen LogP contribution in [0.25, 0.3) is 0 Å². The van der Waals surface area contributed by atoms with E-state index in [-0.39, 0.29) is 6.10 Å². The third kappa shape index (κ3) is 4.07. The third-order valence-corrected chi connectivity index (χ3v) is 11.8. The first-order valence-electron chi connectivity index (χ1n) is 14.6. The number of piperazine rings is 1. The first kappa shape index (κ1) is 24.0. The van der Waals surface area contributed by atoms with Crippen molar-refractivity contribution in [3.63, 3.8) is 0 Å². The van der Waals surface area contributed by atoms with Crippen LogP contribution in [0.5, 0.6) is 0 Å². The molecule has 192 valence electrons. The summed E-state index contributed by atoms with van der Waals surface area (Å²) < 4.78 is 0. The lowest BCUT2D eigenvalue weighted by molar-refractivity contribution is -0.0585. The summed E-state index contributed by atoms with van der Waals surface area (Å²) in [7, 11) is 0. The molecule has 4 heteroatoms. The van der Waals surface area contributed by atoms with E-state index in [9.17, 15) is 5.11 Å². The van der Waals surface area contributed by atoms with Crippen LogP contribution in [0.1, 0.15) is 72.1 Å². The molecule has 3 saturated carbocycles. The van der Waals surface area contributed by atoms with Gasteiger partial charge in [0.05, 0.1) is 6.10 Å². The molecule has 1 aromatic rings. The van der Waals surface area contributed by atoms with E-state index in [0.29, 0.717) is 10.8 Å². The molecule has 4 aliphatic carbocycles. The summed E-state index contributed by atoms with van der Waals surface area (Å²) in [5.74, 6) is 4.28. The van der Waals surface area contributed by atoms with Crippen LogP contribution in [0.3, 0.4) is 0 Å². The van der Waals surface area contributed by atoms with Crippen molar-refractivity contribution < 1.29 is 5.11 Å². The van der Waals surface area contributed by atoms with E-state index in [1.165, 1.54) is 63.8 Å². The lowest BCUT2D eigenvalue weighted by Crippen LogP contribution is -2.52. The molecule has 0 spiro atoms. The maximum absolute atomic E-state index is 10.3.